The lowest BCUT2D eigenvalue weighted by Crippen LogP contribution is -2.05. The molecular formula is C15H17N5O. The second kappa shape index (κ2) is 6.09. The maximum atomic E-state index is 9.24. The van der Waals surface area contributed by atoms with Crippen LogP contribution in [-0.2, 0) is 0 Å². The molecule has 6 heteroatoms. The van der Waals surface area contributed by atoms with Crippen molar-refractivity contribution >= 4 is 11.8 Å². The molecule has 0 saturated carbocycles. The van der Waals surface area contributed by atoms with Gasteiger partial charge in [0.05, 0.1) is 12.3 Å². The molecule has 0 saturated heterocycles. The molecule has 0 bridgehead atoms. The minimum atomic E-state index is 0.0483. The summed E-state index contributed by atoms with van der Waals surface area (Å²) in [6, 6.07) is 7.62. The van der Waals surface area contributed by atoms with Crippen molar-refractivity contribution in [2.24, 2.45) is 0 Å². The molecule has 0 aliphatic carbocycles. The molecule has 1 heterocycles. The maximum Gasteiger partial charge on any atom is 0.222 e. The molecule has 0 aliphatic heterocycles. The van der Waals surface area contributed by atoms with Gasteiger partial charge in [-0.05, 0) is 37.1 Å². The number of nitrogens with zero attached hydrogens (tertiary/aromatic N) is 3. The molecule has 0 spiro atoms. The number of aryl methyl sites for hydroxylation is 1. The van der Waals surface area contributed by atoms with Crippen molar-refractivity contribution in [3.05, 3.63) is 29.3 Å². The van der Waals surface area contributed by atoms with Gasteiger partial charge in [-0.3, -0.25) is 0 Å². The molecule has 0 fully saturated rings. The summed E-state index contributed by atoms with van der Waals surface area (Å²) in [5.74, 6) is 0.921. The number of hydrogen-bond donors (Lipinski definition) is 2. The maximum absolute atomic E-state index is 9.24. The number of nitrogens with two attached hydrogens (primary N) is 2. The number of aromatic nitrogens is 2. The van der Waals surface area contributed by atoms with Gasteiger partial charge in [0.25, 0.3) is 0 Å². The zero-order valence-corrected chi connectivity index (χ0v) is 12.1. The van der Waals surface area contributed by atoms with E-state index in [-0.39, 0.29) is 17.3 Å². The first-order valence-corrected chi connectivity index (χ1v) is 6.63. The van der Waals surface area contributed by atoms with E-state index in [4.69, 9.17) is 16.2 Å². The minimum Gasteiger partial charge on any atom is -0.494 e. The van der Waals surface area contributed by atoms with E-state index in [0.29, 0.717) is 12.3 Å². The fraction of sp³-hybridized carbons (Fsp3) is 0.267. The molecule has 2 aromatic rings. The highest BCUT2D eigenvalue weighted by molar-refractivity contribution is 5.75. The Labute approximate surface area is 123 Å². The Morgan fingerprint density at radius 2 is 2.05 bits per heavy atom. The SMILES string of the molecule is CCCOc1ccc(-c2nc(N)nc(N)c2C#N)c(C)c1. The predicted octanol–water partition coefficient (Wildman–Crippen LogP) is 2.28. The number of nitriles is 1. The summed E-state index contributed by atoms with van der Waals surface area (Å²) in [6.07, 6.45) is 0.943. The lowest BCUT2D eigenvalue weighted by Gasteiger charge is -2.11. The summed E-state index contributed by atoms with van der Waals surface area (Å²) < 4.78 is 5.58. The Morgan fingerprint density at radius 3 is 2.67 bits per heavy atom. The molecule has 21 heavy (non-hydrogen) atoms. The molecule has 2 rings (SSSR count). The van der Waals surface area contributed by atoms with Crippen LogP contribution in [0.25, 0.3) is 11.3 Å². The van der Waals surface area contributed by atoms with Crippen LogP contribution in [-0.4, -0.2) is 16.6 Å². The molecule has 1 aromatic carbocycles. The predicted molar refractivity (Wildman–Crippen MR) is 81.5 cm³/mol. The third-order valence-corrected chi connectivity index (χ3v) is 2.99. The quantitative estimate of drug-likeness (QED) is 0.890. The van der Waals surface area contributed by atoms with Crippen LogP contribution < -0.4 is 16.2 Å². The van der Waals surface area contributed by atoms with Crippen molar-refractivity contribution in [3.8, 4) is 23.1 Å². The van der Waals surface area contributed by atoms with E-state index in [2.05, 4.69) is 9.97 Å². The molecule has 0 atom stereocenters. The van der Waals surface area contributed by atoms with Crippen molar-refractivity contribution in [1.29, 1.82) is 5.26 Å². The molecule has 0 aliphatic rings. The summed E-state index contributed by atoms with van der Waals surface area (Å²) >= 11 is 0. The fourth-order valence-electron chi connectivity index (χ4n) is 2.01. The summed E-state index contributed by atoms with van der Waals surface area (Å²) in [6.45, 7) is 4.63. The van der Waals surface area contributed by atoms with Gasteiger partial charge in [0, 0.05) is 5.56 Å². The second-order valence-electron chi connectivity index (χ2n) is 4.63. The van der Waals surface area contributed by atoms with Crippen LogP contribution in [0.4, 0.5) is 11.8 Å². The molecule has 1 aromatic heterocycles. The van der Waals surface area contributed by atoms with E-state index in [1.807, 2.05) is 38.1 Å². The number of anilines is 2. The van der Waals surface area contributed by atoms with Crippen LogP contribution in [0.5, 0.6) is 5.75 Å². The van der Waals surface area contributed by atoms with Gasteiger partial charge < -0.3 is 16.2 Å². The van der Waals surface area contributed by atoms with E-state index < -0.39 is 0 Å². The zero-order chi connectivity index (χ0) is 15.4. The average molecular weight is 283 g/mol. The fourth-order valence-corrected chi connectivity index (χ4v) is 2.01. The average Bonchev–Trinajstić information content (AvgIpc) is 2.44. The van der Waals surface area contributed by atoms with E-state index in [0.717, 1.165) is 23.3 Å². The monoisotopic (exact) mass is 283 g/mol. The van der Waals surface area contributed by atoms with Gasteiger partial charge in [-0.15, -0.1) is 0 Å². The standard InChI is InChI=1S/C15H17N5O/c1-3-6-21-10-4-5-11(9(2)7-10)13-12(8-16)14(17)20-15(18)19-13/h4-5,7H,3,6H2,1-2H3,(H4,17,18,19,20). The Morgan fingerprint density at radius 1 is 1.29 bits per heavy atom. The Hall–Kier alpha value is -2.81. The van der Waals surface area contributed by atoms with Crippen LogP contribution in [0.1, 0.15) is 24.5 Å². The van der Waals surface area contributed by atoms with Crippen molar-refractivity contribution in [2.45, 2.75) is 20.3 Å². The number of nitrogen functional groups attached to an aromatic ring is 2. The van der Waals surface area contributed by atoms with E-state index in [1.54, 1.807) is 0 Å². The highest BCUT2D eigenvalue weighted by Crippen LogP contribution is 2.30. The molecule has 108 valence electrons. The minimum absolute atomic E-state index is 0.0483. The van der Waals surface area contributed by atoms with Gasteiger partial charge in [-0.25, -0.2) is 4.98 Å². The van der Waals surface area contributed by atoms with E-state index in [1.165, 1.54) is 0 Å². The molecular weight excluding hydrogens is 266 g/mol. The third-order valence-electron chi connectivity index (χ3n) is 2.99. The topological polar surface area (TPSA) is 111 Å². The second-order valence-corrected chi connectivity index (χ2v) is 4.63. The molecule has 0 amide bonds. The van der Waals surface area contributed by atoms with Crippen molar-refractivity contribution in [1.82, 2.24) is 9.97 Å². The number of hydrogen-bond acceptors (Lipinski definition) is 6. The van der Waals surface area contributed by atoms with Crippen LogP contribution in [0.2, 0.25) is 0 Å². The lowest BCUT2D eigenvalue weighted by atomic mass is 10.0. The Balaban J connectivity index is 2.50. The van der Waals surface area contributed by atoms with E-state index in [9.17, 15) is 5.26 Å². The molecule has 0 unspecified atom stereocenters. The summed E-state index contributed by atoms with van der Waals surface area (Å²) in [5, 5.41) is 9.24. The summed E-state index contributed by atoms with van der Waals surface area (Å²) in [7, 11) is 0. The largest absolute Gasteiger partial charge is 0.494 e. The first-order valence-electron chi connectivity index (χ1n) is 6.63. The first kappa shape index (κ1) is 14.6. The van der Waals surface area contributed by atoms with Crippen molar-refractivity contribution in [3.63, 3.8) is 0 Å². The molecule has 4 N–H and O–H groups in total. The van der Waals surface area contributed by atoms with Gasteiger partial charge in [0.15, 0.2) is 0 Å². The normalized spacial score (nSPS) is 10.1. The van der Waals surface area contributed by atoms with Gasteiger partial charge in [-0.1, -0.05) is 6.92 Å². The van der Waals surface area contributed by atoms with Crippen LogP contribution in [0.15, 0.2) is 18.2 Å². The number of ether oxygens (including phenoxy) is 1. The lowest BCUT2D eigenvalue weighted by molar-refractivity contribution is 0.317. The van der Waals surface area contributed by atoms with Crippen molar-refractivity contribution in [2.75, 3.05) is 18.1 Å². The number of benzene rings is 1. The Kier molecular flexibility index (Phi) is 4.24. The Bertz CT molecular complexity index is 706. The van der Waals surface area contributed by atoms with Gasteiger partial charge in [0.1, 0.15) is 23.2 Å². The van der Waals surface area contributed by atoms with Crippen LogP contribution in [0.3, 0.4) is 0 Å². The van der Waals surface area contributed by atoms with Gasteiger partial charge in [-0.2, -0.15) is 10.2 Å². The summed E-state index contributed by atoms with van der Waals surface area (Å²) in [5.41, 5.74) is 13.8. The zero-order valence-electron chi connectivity index (χ0n) is 12.1. The van der Waals surface area contributed by atoms with E-state index >= 15 is 0 Å². The smallest absolute Gasteiger partial charge is 0.222 e. The van der Waals surface area contributed by atoms with Crippen molar-refractivity contribution < 1.29 is 4.74 Å². The molecule has 6 nitrogen and oxygen atoms in total. The highest BCUT2D eigenvalue weighted by Gasteiger charge is 2.15. The first-order chi connectivity index (χ1) is 10.1. The highest BCUT2D eigenvalue weighted by atomic mass is 16.5. The number of rotatable bonds is 4. The van der Waals surface area contributed by atoms with Crippen LogP contribution in [0, 0.1) is 18.3 Å². The summed E-state index contributed by atoms with van der Waals surface area (Å²) in [4.78, 5) is 7.97. The third kappa shape index (κ3) is 3.03. The van der Waals surface area contributed by atoms with Crippen LogP contribution >= 0.6 is 0 Å². The van der Waals surface area contributed by atoms with Gasteiger partial charge in [0.2, 0.25) is 5.95 Å². The molecule has 0 radical (unpaired) electrons. The van der Waals surface area contributed by atoms with Gasteiger partial charge >= 0.3 is 0 Å².